The molecule has 3 rings (SSSR count). The average Bonchev–Trinajstić information content (AvgIpc) is 2.89. The largest absolute Gasteiger partial charge is 0.573 e. The fourth-order valence-corrected chi connectivity index (χ4v) is 2.48. The Morgan fingerprint density at radius 1 is 1.13 bits per heavy atom. The third-order valence-corrected chi connectivity index (χ3v) is 3.77. The van der Waals surface area contributed by atoms with E-state index in [4.69, 9.17) is 0 Å². The van der Waals surface area contributed by atoms with E-state index in [0.717, 1.165) is 15.9 Å². The third kappa shape index (κ3) is 3.89. The molecule has 0 fully saturated rings. The number of hydrogen-bond donors (Lipinski definition) is 2. The molecule has 23 heavy (non-hydrogen) atoms. The average molecular weight is 339 g/mol. The predicted octanol–water partition coefficient (Wildman–Crippen LogP) is 4.93. The molecular formula is C15H12F3N3OS. The zero-order valence-electron chi connectivity index (χ0n) is 11.9. The molecule has 0 bridgehead atoms. The maximum atomic E-state index is 12.1. The van der Waals surface area contributed by atoms with E-state index in [1.165, 1.54) is 24.3 Å². The lowest BCUT2D eigenvalue weighted by molar-refractivity contribution is -0.274. The van der Waals surface area contributed by atoms with Gasteiger partial charge in [0, 0.05) is 10.6 Å². The predicted molar refractivity (Wildman–Crippen MR) is 84.3 cm³/mol. The Hall–Kier alpha value is -2.35. The van der Waals surface area contributed by atoms with Gasteiger partial charge in [0.15, 0.2) is 0 Å². The summed E-state index contributed by atoms with van der Waals surface area (Å²) in [6.45, 7) is 0. The van der Waals surface area contributed by atoms with E-state index in [1.54, 1.807) is 11.8 Å². The van der Waals surface area contributed by atoms with Crippen molar-refractivity contribution >= 4 is 34.4 Å². The highest BCUT2D eigenvalue weighted by molar-refractivity contribution is 7.98. The Morgan fingerprint density at radius 3 is 2.52 bits per heavy atom. The van der Waals surface area contributed by atoms with Crippen molar-refractivity contribution in [3.05, 3.63) is 42.5 Å². The summed E-state index contributed by atoms with van der Waals surface area (Å²) in [4.78, 5) is 8.61. The number of aromatic nitrogens is 2. The van der Waals surface area contributed by atoms with Gasteiger partial charge in [0.25, 0.3) is 0 Å². The highest BCUT2D eigenvalue weighted by Crippen LogP contribution is 2.26. The molecule has 0 radical (unpaired) electrons. The van der Waals surface area contributed by atoms with Crippen LogP contribution < -0.4 is 10.1 Å². The van der Waals surface area contributed by atoms with Gasteiger partial charge in [-0.2, -0.15) is 0 Å². The van der Waals surface area contributed by atoms with Crippen LogP contribution in [0, 0.1) is 0 Å². The van der Waals surface area contributed by atoms with Gasteiger partial charge >= 0.3 is 6.36 Å². The minimum absolute atomic E-state index is 0.266. The van der Waals surface area contributed by atoms with Crippen LogP contribution in [0.25, 0.3) is 11.0 Å². The van der Waals surface area contributed by atoms with Gasteiger partial charge in [-0.3, -0.25) is 0 Å². The van der Waals surface area contributed by atoms with Gasteiger partial charge in [-0.15, -0.1) is 24.9 Å². The number of halogens is 3. The minimum atomic E-state index is -4.69. The zero-order valence-corrected chi connectivity index (χ0v) is 12.8. The lowest BCUT2D eigenvalue weighted by Crippen LogP contribution is -2.16. The Morgan fingerprint density at radius 2 is 1.87 bits per heavy atom. The van der Waals surface area contributed by atoms with Crippen LogP contribution in [0.1, 0.15) is 0 Å². The first-order chi connectivity index (χ1) is 10.9. The maximum Gasteiger partial charge on any atom is 0.573 e. The minimum Gasteiger partial charge on any atom is -0.406 e. The quantitative estimate of drug-likeness (QED) is 0.662. The van der Waals surface area contributed by atoms with Crippen molar-refractivity contribution in [3.63, 3.8) is 0 Å². The summed E-state index contributed by atoms with van der Waals surface area (Å²) in [6.07, 6.45) is -2.71. The molecule has 0 saturated heterocycles. The maximum absolute atomic E-state index is 12.1. The molecule has 2 N–H and O–H groups in total. The summed E-state index contributed by atoms with van der Waals surface area (Å²) in [5.74, 6) is 0.250. The van der Waals surface area contributed by atoms with E-state index < -0.39 is 6.36 Å². The summed E-state index contributed by atoms with van der Waals surface area (Å²) in [7, 11) is 0. The molecule has 2 aromatic carbocycles. The molecule has 0 saturated carbocycles. The van der Waals surface area contributed by atoms with Gasteiger partial charge in [-0.1, -0.05) is 0 Å². The molecule has 120 valence electrons. The number of ether oxygens (including phenoxy) is 1. The Bertz CT molecular complexity index is 815. The number of hydrogen-bond acceptors (Lipinski definition) is 4. The monoisotopic (exact) mass is 339 g/mol. The number of rotatable bonds is 4. The van der Waals surface area contributed by atoms with Gasteiger partial charge in [0.2, 0.25) is 5.95 Å². The molecule has 0 atom stereocenters. The fraction of sp³-hybridized carbons (Fsp3) is 0.133. The Labute approximate surface area is 134 Å². The van der Waals surface area contributed by atoms with Crippen molar-refractivity contribution in [2.24, 2.45) is 0 Å². The number of H-pyrrole nitrogens is 1. The van der Waals surface area contributed by atoms with Gasteiger partial charge < -0.3 is 15.0 Å². The van der Waals surface area contributed by atoms with Crippen molar-refractivity contribution in [3.8, 4) is 5.75 Å². The summed E-state index contributed by atoms with van der Waals surface area (Å²) in [5.41, 5.74) is 2.29. The second-order valence-corrected chi connectivity index (χ2v) is 5.55. The van der Waals surface area contributed by atoms with Crippen LogP contribution in [0.5, 0.6) is 5.75 Å². The molecule has 3 aromatic rings. The molecule has 0 aliphatic heterocycles. The van der Waals surface area contributed by atoms with Crippen molar-refractivity contribution < 1.29 is 17.9 Å². The molecule has 0 aliphatic carbocycles. The smallest absolute Gasteiger partial charge is 0.406 e. The number of aromatic amines is 1. The van der Waals surface area contributed by atoms with E-state index in [-0.39, 0.29) is 5.75 Å². The van der Waals surface area contributed by atoms with Crippen LogP contribution in [0.3, 0.4) is 0 Å². The number of nitrogens with one attached hydrogen (secondary N) is 2. The number of benzene rings is 2. The molecule has 0 aliphatic rings. The summed E-state index contributed by atoms with van der Waals surface area (Å²) < 4.78 is 40.2. The van der Waals surface area contributed by atoms with E-state index in [1.807, 2.05) is 24.5 Å². The topological polar surface area (TPSA) is 49.9 Å². The van der Waals surface area contributed by atoms with E-state index in [9.17, 15) is 13.2 Å². The summed E-state index contributed by atoms with van der Waals surface area (Å²) in [6, 6.07) is 11.3. The molecule has 1 aromatic heterocycles. The lowest BCUT2D eigenvalue weighted by atomic mass is 10.3. The van der Waals surface area contributed by atoms with Crippen molar-refractivity contribution in [1.82, 2.24) is 9.97 Å². The number of thioether (sulfide) groups is 1. The second kappa shape index (κ2) is 6.04. The number of imidazole rings is 1. The van der Waals surface area contributed by atoms with Crippen molar-refractivity contribution in [2.75, 3.05) is 11.6 Å². The Balaban J connectivity index is 1.76. The molecule has 0 amide bonds. The van der Waals surface area contributed by atoms with Crippen LogP contribution in [0.15, 0.2) is 47.4 Å². The molecule has 1 heterocycles. The standard InChI is InChI=1S/C15H12F3N3OS/c1-23-11-6-7-12-13(8-11)21-14(20-12)19-9-2-4-10(5-3-9)22-15(16,17)18/h2-8H,1H3,(H2,19,20,21). The van der Waals surface area contributed by atoms with Crippen molar-refractivity contribution in [1.29, 1.82) is 0 Å². The van der Waals surface area contributed by atoms with Gasteiger partial charge in [-0.25, -0.2) is 4.98 Å². The van der Waals surface area contributed by atoms with E-state index in [0.29, 0.717) is 11.6 Å². The number of nitrogens with zero attached hydrogens (tertiary/aromatic N) is 1. The van der Waals surface area contributed by atoms with E-state index >= 15 is 0 Å². The summed E-state index contributed by atoms with van der Waals surface area (Å²) in [5, 5.41) is 3.01. The van der Waals surface area contributed by atoms with Crippen LogP contribution >= 0.6 is 11.8 Å². The number of anilines is 2. The first kappa shape index (κ1) is 15.5. The first-order valence-electron chi connectivity index (χ1n) is 6.59. The van der Waals surface area contributed by atoms with Gasteiger partial charge in [0.1, 0.15) is 5.75 Å². The highest BCUT2D eigenvalue weighted by Gasteiger charge is 2.30. The lowest BCUT2D eigenvalue weighted by Gasteiger charge is -2.09. The first-order valence-corrected chi connectivity index (χ1v) is 7.82. The molecule has 0 unspecified atom stereocenters. The third-order valence-electron chi connectivity index (χ3n) is 3.04. The van der Waals surface area contributed by atoms with Crippen LogP contribution in [-0.2, 0) is 0 Å². The Kier molecular flexibility index (Phi) is 4.08. The SMILES string of the molecule is CSc1ccc2[nH]c(Nc3ccc(OC(F)(F)F)cc3)nc2c1. The number of fused-ring (bicyclic) bond motifs is 1. The van der Waals surface area contributed by atoms with Crippen LogP contribution in [0.2, 0.25) is 0 Å². The van der Waals surface area contributed by atoms with E-state index in [2.05, 4.69) is 20.0 Å². The van der Waals surface area contributed by atoms with Crippen LogP contribution in [-0.4, -0.2) is 22.6 Å². The molecular weight excluding hydrogens is 327 g/mol. The van der Waals surface area contributed by atoms with Gasteiger partial charge in [0.05, 0.1) is 11.0 Å². The molecule has 0 spiro atoms. The second-order valence-electron chi connectivity index (χ2n) is 4.67. The van der Waals surface area contributed by atoms with Crippen molar-refractivity contribution in [2.45, 2.75) is 11.3 Å². The number of alkyl halides is 3. The van der Waals surface area contributed by atoms with Gasteiger partial charge in [-0.05, 0) is 48.7 Å². The zero-order chi connectivity index (χ0) is 16.4. The highest BCUT2D eigenvalue weighted by atomic mass is 32.2. The molecule has 8 heteroatoms. The van der Waals surface area contributed by atoms with Crippen LogP contribution in [0.4, 0.5) is 24.8 Å². The molecule has 4 nitrogen and oxygen atoms in total. The summed E-state index contributed by atoms with van der Waals surface area (Å²) >= 11 is 1.62. The normalized spacial score (nSPS) is 11.7. The fourth-order valence-electron chi connectivity index (χ4n) is 2.05.